The lowest BCUT2D eigenvalue weighted by Crippen LogP contribution is -2.25. The molecule has 1 saturated carbocycles. The summed E-state index contributed by atoms with van der Waals surface area (Å²) in [5.74, 6) is 1.07. The van der Waals surface area contributed by atoms with Gasteiger partial charge in [-0.25, -0.2) is 0 Å². The first-order chi connectivity index (χ1) is 8.72. The molecule has 1 aromatic carbocycles. The van der Waals surface area contributed by atoms with Crippen LogP contribution >= 0.6 is 15.9 Å². The Morgan fingerprint density at radius 1 is 1.33 bits per heavy atom. The quantitative estimate of drug-likeness (QED) is 0.932. The first-order valence-electron chi connectivity index (χ1n) is 6.20. The number of nitrogens with zero attached hydrogens (tertiary/aromatic N) is 1. The Kier molecular flexibility index (Phi) is 4.62. The van der Waals surface area contributed by atoms with E-state index in [1.54, 1.807) is 6.07 Å². The van der Waals surface area contributed by atoms with Gasteiger partial charge in [0.25, 0.3) is 0 Å². The van der Waals surface area contributed by atoms with Crippen molar-refractivity contribution in [2.45, 2.75) is 31.8 Å². The summed E-state index contributed by atoms with van der Waals surface area (Å²) in [6, 6.07) is 7.59. The number of rotatable bonds is 3. The lowest BCUT2D eigenvalue weighted by molar-refractivity contribution is 0.104. The SMILES string of the molecule is N#Cc1ccc(Br)cc1OC1CCC(CO)CC1. The Morgan fingerprint density at radius 3 is 2.67 bits per heavy atom. The van der Waals surface area contributed by atoms with Crippen molar-refractivity contribution in [3.8, 4) is 11.8 Å². The third-order valence-corrected chi connectivity index (χ3v) is 3.90. The molecule has 18 heavy (non-hydrogen) atoms. The molecule has 1 fully saturated rings. The molecule has 0 radical (unpaired) electrons. The minimum Gasteiger partial charge on any atom is -0.489 e. The number of nitriles is 1. The summed E-state index contributed by atoms with van der Waals surface area (Å²) in [5, 5.41) is 18.1. The maximum atomic E-state index is 9.10. The summed E-state index contributed by atoms with van der Waals surface area (Å²) >= 11 is 3.39. The number of ether oxygens (including phenoxy) is 1. The number of hydrogen-bond acceptors (Lipinski definition) is 3. The van der Waals surface area contributed by atoms with Gasteiger partial charge < -0.3 is 9.84 Å². The zero-order chi connectivity index (χ0) is 13.0. The fourth-order valence-corrected chi connectivity index (χ4v) is 2.64. The third-order valence-electron chi connectivity index (χ3n) is 3.41. The molecular weight excluding hydrogens is 294 g/mol. The Morgan fingerprint density at radius 2 is 2.06 bits per heavy atom. The van der Waals surface area contributed by atoms with Crippen molar-refractivity contribution in [1.82, 2.24) is 0 Å². The van der Waals surface area contributed by atoms with Crippen LogP contribution in [-0.2, 0) is 0 Å². The average molecular weight is 310 g/mol. The molecule has 0 aromatic heterocycles. The second kappa shape index (κ2) is 6.21. The molecule has 0 atom stereocenters. The van der Waals surface area contributed by atoms with E-state index < -0.39 is 0 Å². The van der Waals surface area contributed by atoms with Crippen molar-refractivity contribution >= 4 is 15.9 Å². The minimum absolute atomic E-state index is 0.161. The van der Waals surface area contributed by atoms with Crippen molar-refractivity contribution < 1.29 is 9.84 Å². The van der Waals surface area contributed by atoms with Crippen molar-refractivity contribution in [2.24, 2.45) is 5.92 Å². The Hall–Kier alpha value is -1.05. The molecule has 4 heteroatoms. The van der Waals surface area contributed by atoms with Gasteiger partial charge in [0.05, 0.1) is 11.7 Å². The highest BCUT2D eigenvalue weighted by Gasteiger charge is 2.22. The van der Waals surface area contributed by atoms with Gasteiger partial charge in [-0.1, -0.05) is 15.9 Å². The summed E-state index contributed by atoms with van der Waals surface area (Å²) in [5.41, 5.74) is 0.572. The molecule has 0 unspecified atom stereocenters. The van der Waals surface area contributed by atoms with Gasteiger partial charge >= 0.3 is 0 Å². The third kappa shape index (κ3) is 3.24. The Balaban J connectivity index is 2.02. The average Bonchev–Trinajstić information content (AvgIpc) is 2.40. The second-order valence-electron chi connectivity index (χ2n) is 4.70. The van der Waals surface area contributed by atoms with Crippen molar-refractivity contribution in [1.29, 1.82) is 5.26 Å². The lowest BCUT2D eigenvalue weighted by Gasteiger charge is -2.28. The number of hydrogen-bond donors (Lipinski definition) is 1. The summed E-state index contributed by atoms with van der Waals surface area (Å²) < 4.78 is 6.83. The number of aliphatic hydroxyl groups is 1. The zero-order valence-electron chi connectivity index (χ0n) is 10.1. The van der Waals surface area contributed by atoms with E-state index in [1.165, 1.54) is 0 Å². The van der Waals surface area contributed by atoms with Crippen LogP contribution in [0.5, 0.6) is 5.75 Å². The first kappa shape index (κ1) is 13.4. The monoisotopic (exact) mass is 309 g/mol. The van der Waals surface area contributed by atoms with Crippen LogP contribution in [-0.4, -0.2) is 17.8 Å². The molecule has 0 amide bonds. The molecule has 96 valence electrons. The normalized spacial score (nSPS) is 23.4. The zero-order valence-corrected chi connectivity index (χ0v) is 11.7. The van der Waals surface area contributed by atoms with Crippen LogP contribution in [0.1, 0.15) is 31.2 Å². The number of halogens is 1. The lowest BCUT2D eigenvalue weighted by atomic mass is 9.88. The molecule has 0 saturated heterocycles. The summed E-state index contributed by atoms with van der Waals surface area (Å²) in [6.07, 6.45) is 4.05. The fourth-order valence-electron chi connectivity index (χ4n) is 2.30. The molecule has 1 aliphatic carbocycles. The molecule has 0 heterocycles. The minimum atomic E-state index is 0.161. The fraction of sp³-hybridized carbons (Fsp3) is 0.500. The Bertz CT molecular complexity index is 448. The van der Waals surface area contributed by atoms with Gasteiger partial charge in [0.2, 0.25) is 0 Å². The molecule has 2 rings (SSSR count). The standard InChI is InChI=1S/C14H16BrNO2/c15-12-4-3-11(8-16)14(7-12)18-13-5-1-10(9-17)2-6-13/h3-4,7,10,13,17H,1-2,5-6,9H2. The largest absolute Gasteiger partial charge is 0.489 e. The van der Waals surface area contributed by atoms with Crippen LogP contribution in [0.25, 0.3) is 0 Å². The summed E-state index contributed by atoms with van der Waals surface area (Å²) in [4.78, 5) is 0. The van der Waals surface area contributed by atoms with Crippen LogP contribution in [0.15, 0.2) is 22.7 Å². The van der Waals surface area contributed by atoms with E-state index in [2.05, 4.69) is 22.0 Å². The highest BCUT2D eigenvalue weighted by atomic mass is 79.9. The van der Waals surface area contributed by atoms with E-state index in [4.69, 9.17) is 15.1 Å². The molecular formula is C14H16BrNO2. The smallest absolute Gasteiger partial charge is 0.138 e. The molecule has 1 aliphatic rings. The predicted molar refractivity (Wildman–Crippen MR) is 72.3 cm³/mol. The molecule has 1 aromatic rings. The van der Waals surface area contributed by atoms with Crippen molar-refractivity contribution in [3.05, 3.63) is 28.2 Å². The van der Waals surface area contributed by atoms with Gasteiger partial charge in [-0.15, -0.1) is 0 Å². The maximum Gasteiger partial charge on any atom is 0.138 e. The molecule has 0 bridgehead atoms. The van der Waals surface area contributed by atoms with Crippen molar-refractivity contribution in [3.63, 3.8) is 0 Å². The second-order valence-corrected chi connectivity index (χ2v) is 5.61. The predicted octanol–water partition coefficient (Wildman–Crippen LogP) is 3.25. The van der Waals surface area contributed by atoms with Crippen LogP contribution in [0.4, 0.5) is 0 Å². The van der Waals surface area contributed by atoms with E-state index in [-0.39, 0.29) is 12.7 Å². The number of aliphatic hydroxyl groups excluding tert-OH is 1. The van der Waals surface area contributed by atoms with Gasteiger partial charge in [0, 0.05) is 11.1 Å². The summed E-state index contributed by atoms with van der Waals surface area (Å²) in [6.45, 7) is 0.271. The van der Waals surface area contributed by atoms with Crippen molar-refractivity contribution in [2.75, 3.05) is 6.61 Å². The highest BCUT2D eigenvalue weighted by molar-refractivity contribution is 9.10. The van der Waals surface area contributed by atoms with Gasteiger partial charge in [0.1, 0.15) is 11.8 Å². The van der Waals surface area contributed by atoms with Crippen LogP contribution in [0.2, 0.25) is 0 Å². The molecule has 0 aliphatic heterocycles. The van der Waals surface area contributed by atoms with E-state index in [1.807, 2.05) is 12.1 Å². The van der Waals surface area contributed by atoms with E-state index in [9.17, 15) is 0 Å². The maximum absolute atomic E-state index is 9.10. The van der Waals surface area contributed by atoms with Gasteiger partial charge in [-0.2, -0.15) is 5.26 Å². The number of benzene rings is 1. The molecule has 3 nitrogen and oxygen atoms in total. The molecule has 0 spiro atoms. The van der Waals surface area contributed by atoms with Gasteiger partial charge in [0.15, 0.2) is 0 Å². The van der Waals surface area contributed by atoms with E-state index >= 15 is 0 Å². The molecule has 1 N–H and O–H groups in total. The van der Waals surface area contributed by atoms with Crippen LogP contribution in [0.3, 0.4) is 0 Å². The highest BCUT2D eigenvalue weighted by Crippen LogP contribution is 2.30. The first-order valence-corrected chi connectivity index (χ1v) is 6.99. The summed E-state index contributed by atoms with van der Waals surface area (Å²) in [7, 11) is 0. The van der Waals surface area contributed by atoms with E-state index in [0.717, 1.165) is 30.2 Å². The van der Waals surface area contributed by atoms with Gasteiger partial charge in [-0.3, -0.25) is 0 Å². The Labute approximate surface area is 116 Å². The van der Waals surface area contributed by atoms with E-state index in [0.29, 0.717) is 17.2 Å². The topological polar surface area (TPSA) is 53.2 Å². The van der Waals surface area contributed by atoms with Gasteiger partial charge in [-0.05, 0) is 49.8 Å². The van der Waals surface area contributed by atoms with Crippen LogP contribution in [0, 0.1) is 17.2 Å². The van der Waals surface area contributed by atoms with Crippen LogP contribution < -0.4 is 4.74 Å².